The van der Waals surface area contributed by atoms with Crippen LogP contribution in [0.2, 0.25) is 0 Å². The average molecular weight is 238 g/mol. The molecule has 1 unspecified atom stereocenters. The third kappa shape index (κ3) is 6.46. The van der Waals surface area contributed by atoms with Crippen molar-refractivity contribution in [2.75, 3.05) is 19.0 Å². The van der Waals surface area contributed by atoms with E-state index in [-0.39, 0.29) is 12.2 Å². The van der Waals surface area contributed by atoms with Gasteiger partial charge in [0.1, 0.15) is 0 Å². The fourth-order valence-electron chi connectivity index (χ4n) is 1.08. The van der Waals surface area contributed by atoms with Gasteiger partial charge in [0.15, 0.2) is 9.84 Å². The van der Waals surface area contributed by atoms with Crippen LogP contribution >= 0.6 is 0 Å². The number of hydrogen-bond acceptors (Lipinski definition) is 4. The molecule has 0 heterocycles. The highest BCUT2D eigenvalue weighted by Crippen LogP contribution is 2.08. The van der Waals surface area contributed by atoms with Crippen molar-refractivity contribution in [2.45, 2.75) is 31.9 Å². The molecule has 0 spiro atoms. The number of carbonyl (C=O) groups is 1. The van der Waals surface area contributed by atoms with Crippen molar-refractivity contribution in [1.82, 2.24) is 0 Å². The summed E-state index contributed by atoms with van der Waals surface area (Å²) in [5.41, 5.74) is 0. The highest BCUT2D eigenvalue weighted by atomic mass is 32.2. The van der Waals surface area contributed by atoms with Gasteiger partial charge >= 0.3 is 5.97 Å². The minimum atomic E-state index is -3.30. The maximum absolute atomic E-state index is 11.5. The molecule has 5 nitrogen and oxygen atoms in total. The number of sulfone groups is 1. The molecule has 0 saturated carbocycles. The van der Waals surface area contributed by atoms with Crippen LogP contribution < -0.4 is 0 Å². The average Bonchev–Trinajstić information content (AvgIpc) is 2.11. The Balaban J connectivity index is 4.00. The summed E-state index contributed by atoms with van der Waals surface area (Å²) in [5, 5.41) is 7.65. The Morgan fingerprint density at radius 3 is 2.53 bits per heavy atom. The molecule has 6 heteroatoms. The quantitative estimate of drug-likeness (QED) is 0.629. The van der Waals surface area contributed by atoms with E-state index in [4.69, 9.17) is 9.84 Å². The van der Waals surface area contributed by atoms with Crippen molar-refractivity contribution >= 4 is 15.8 Å². The van der Waals surface area contributed by atoms with Crippen LogP contribution in [-0.4, -0.2) is 43.7 Å². The van der Waals surface area contributed by atoms with Gasteiger partial charge in [-0.25, -0.2) is 8.42 Å². The van der Waals surface area contributed by atoms with Gasteiger partial charge in [0.2, 0.25) is 0 Å². The van der Waals surface area contributed by atoms with Crippen LogP contribution in [0.25, 0.3) is 0 Å². The van der Waals surface area contributed by atoms with Crippen LogP contribution in [0.1, 0.15) is 26.7 Å². The molecule has 0 fully saturated rings. The summed E-state index contributed by atoms with van der Waals surface area (Å²) in [7, 11) is -3.30. The van der Waals surface area contributed by atoms with Crippen molar-refractivity contribution in [3.63, 3.8) is 0 Å². The van der Waals surface area contributed by atoms with Crippen LogP contribution in [0.15, 0.2) is 0 Å². The van der Waals surface area contributed by atoms with Crippen LogP contribution in [0.4, 0.5) is 0 Å². The number of rotatable bonds is 8. The maximum atomic E-state index is 11.5. The van der Waals surface area contributed by atoms with Crippen molar-refractivity contribution in [3.05, 3.63) is 0 Å². The smallest absolute Gasteiger partial charge is 0.304 e. The van der Waals surface area contributed by atoms with E-state index in [1.165, 1.54) is 6.92 Å². The Bertz CT molecular complexity index is 283. The fraction of sp³-hybridized carbons (Fsp3) is 0.889. The monoisotopic (exact) mass is 238 g/mol. The van der Waals surface area contributed by atoms with Crippen LogP contribution in [-0.2, 0) is 19.4 Å². The Morgan fingerprint density at radius 2 is 2.07 bits per heavy atom. The van der Waals surface area contributed by atoms with E-state index in [2.05, 4.69) is 0 Å². The molecule has 0 aliphatic carbocycles. The normalized spacial score (nSPS) is 13.7. The molecule has 0 aliphatic heterocycles. The number of carboxylic acids is 1. The Kier molecular flexibility index (Phi) is 6.51. The second-order valence-electron chi connectivity index (χ2n) is 3.33. The van der Waals surface area contributed by atoms with Gasteiger partial charge < -0.3 is 9.84 Å². The first-order valence-electron chi connectivity index (χ1n) is 4.91. The molecule has 0 aromatic rings. The molecule has 0 aliphatic rings. The lowest BCUT2D eigenvalue weighted by atomic mass is 10.3. The van der Waals surface area contributed by atoms with Gasteiger partial charge in [-0.15, -0.1) is 0 Å². The fourth-order valence-corrected chi connectivity index (χ4v) is 2.40. The lowest BCUT2D eigenvalue weighted by Gasteiger charge is -2.10. The van der Waals surface area contributed by atoms with E-state index < -0.39 is 21.1 Å². The van der Waals surface area contributed by atoms with E-state index in [0.29, 0.717) is 19.6 Å². The molecule has 1 N–H and O–H groups in total. The SMILES string of the molecule is CCOCCCS(=O)(=O)C(C)CC(=O)O. The van der Waals surface area contributed by atoms with Crippen molar-refractivity contribution in [2.24, 2.45) is 0 Å². The number of aliphatic carboxylic acids is 1. The molecule has 0 saturated heterocycles. The van der Waals surface area contributed by atoms with E-state index in [9.17, 15) is 13.2 Å². The second-order valence-corrected chi connectivity index (χ2v) is 5.86. The summed E-state index contributed by atoms with van der Waals surface area (Å²) >= 11 is 0. The van der Waals surface area contributed by atoms with Crippen LogP contribution in [0, 0.1) is 0 Å². The van der Waals surface area contributed by atoms with Crippen molar-refractivity contribution in [3.8, 4) is 0 Å². The first kappa shape index (κ1) is 14.4. The predicted octanol–water partition coefficient (Wildman–Crippen LogP) is 0.691. The summed E-state index contributed by atoms with van der Waals surface area (Å²) in [4.78, 5) is 10.3. The topological polar surface area (TPSA) is 80.7 Å². The lowest BCUT2D eigenvalue weighted by molar-refractivity contribution is -0.136. The molecular formula is C9H18O5S. The highest BCUT2D eigenvalue weighted by molar-refractivity contribution is 7.92. The summed E-state index contributed by atoms with van der Waals surface area (Å²) in [5.74, 6) is -1.10. The Labute approximate surface area is 90.4 Å². The number of carboxylic acid groups (broad SMARTS) is 1. The number of hydrogen-bond donors (Lipinski definition) is 1. The zero-order valence-electron chi connectivity index (χ0n) is 9.10. The van der Waals surface area contributed by atoms with Gasteiger partial charge in [0.25, 0.3) is 0 Å². The third-order valence-corrected chi connectivity index (χ3v) is 4.25. The standard InChI is InChI=1S/C9H18O5S/c1-3-14-5-4-6-15(12,13)8(2)7-9(10)11/h8H,3-7H2,1-2H3,(H,10,11). The molecule has 0 aromatic heterocycles. The van der Waals surface area contributed by atoms with Gasteiger partial charge in [-0.1, -0.05) is 0 Å². The molecule has 0 amide bonds. The predicted molar refractivity (Wildman–Crippen MR) is 56.6 cm³/mol. The second kappa shape index (κ2) is 6.79. The van der Waals surface area contributed by atoms with E-state index in [1.807, 2.05) is 6.92 Å². The van der Waals surface area contributed by atoms with Gasteiger partial charge in [-0.2, -0.15) is 0 Å². The summed E-state index contributed by atoms with van der Waals surface area (Å²) in [6.45, 7) is 4.21. The van der Waals surface area contributed by atoms with Gasteiger partial charge in [0.05, 0.1) is 17.4 Å². The molecule has 0 rings (SSSR count). The van der Waals surface area contributed by atoms with Crippen LogP contribution in [0.5, 0.6) is 0 Å². The first-order chi connectivity index (χ1) is 6.90. The summed E-state index contributed by atoms with van der Waals surface area (Å²) in [6, 6.07) is 0. The zero-order chi connectivity index (χ0) is 11.9. The van der Waals surface area contributed by atoms with Crippen molar-refractivity contribution in [1.29, 1.82) is 0 Å². The van der Waals surface area contributed by atoms with E-state index >= 15 is 0 Å². The minimum absolute atomic E-state index is 0.0125. The lowest BCUT2D eigenvalue weighted by Crippen LogP contribution is -2.24. The van der Waals surface area contributed by atoms with E-state index in [0.717, 1.165) is 0 Å². The van der Waals surface area contributed by atoms with Gasteiger partial charge in [-0.05, 0) is 20.3 Å². The molecule has 0 aromatic carbocycles. The largest absolute Gasteiger partial charge is 0.481 e. The van der Waals surface area contributed by atoms with Gasteiger partial charge in [0, 0.05) is 13.2 Å². The molecular weight excluding hydrogens is 220 g/mol. The molecule has 0 radical (unpaired) electrons. The van der Waals surface area contributed by atoms with Gasteiger partial charge in [-0.3, -0.25) is 4.79 Å². The molecule has 90 valence electrons. The highest BCUT2D eigenvalue weighted by Gasteiger charge is 2.22. The Hall–Kier alpha value is -0.620. The van der Waals surface area contributed by atoms with E-state index in [1.54, 1.807) is 0 Å². The minimum Gasteiger partial charge on any atom is -0.481 e. The maximum Gasteiger partial charge on any atom is 0.304 e. The number of ether oxygens (including phenoxy) is 1. The van der Waals surface area contributed by atoms with Crippen LogP contribution in [0.3, 0.4) is 0 Å². The zero-order valence-corrected chi connectivity index (χ0v) is 9.92. The first-order valence-corrected chi connectivity index (χ1v) is 6.62. The summed E-state index contributed by atoms with van der Waals surface area (Å²) in [6.07, 6.45) is 0.0805. The molecule has 15 heavy (non-hydrogen) atoms. The Morgan fingerprint density at radius 1 is 1.47 bits per heavy atom. The summed E-state index contributed by atoms with van der Waals surface area (Å²) < 4.78 is 28.0. The molecule has 0 bridgehead atoms. The molecule has 1 atom stereocenters. The third-order valence-electron chi connectivity index (χ3n) is 2.00. The van der Waals surface area contributed by atoms with Crippen molar-refractivity contribution < 1.29 is 23.1 Å².